The summed E-state index contributed by atoms with van der Waals surface area (Å²) >= 11 is 0. The number of nitrogens with zero attached hydrogens (tertiary/aromatic N) is 3. The number of hydrogen-bond donors (Lipinski definition) is 1. The molecule has 7 heteroatoms. The lowest BCUT2D eigenvalue weighted by Gasteiger charge is -2.19. The number of aryl methyl sites for hydroxylation is 2. The first-order chi connectivity index (χ1) is 12.1. The van der Waals surface area contributed by atoms with Gasteiger partial charge < -0.3 is 14.6 Å². The number of carbonyl (C=O) groups is 1. The summed E-state index contributed by atoms with van der Waals surface area (Å²) in [5.41, 5.74) is 4.65. The normalized spacial score (nSPS) is 23.2. The minimum atomic E-state index is -0.103. The van der Waals surface area contributed by atoms with Crippen LogP contribution in [0.1, 0.15) is 64.3 Å². The van der Waals surface area contributed by atoms with Crippen molar-refractivity contribution in [3.05, 3.63) is 34.5 Å². The summed E-state index contributed by atoms with van der Waals surface area (Å²) in [6.45, 7) is 5.36. The molecule has 2 fully saturated rings. The number of rotatable bonds is 5. The molecule has 1 saturated heterocycles. The van der Waals surface area contributed by atoms with Gasteiger partial charge in [0.1, 0.15) is 11.8 Å². The molecule has 0 aromatic carbocycles. The maximum absolute atomic E-state index is 12.5. The van der Waals surface area contributed by atoms with Gasteiger partial charge in [0, 0.05) is 43.3 Å². The summed E-state index contributed by atoms with van der Waals surface area (Å²) in [6, 6.07) is 0. The second kappa shape index (κ2) is 6.29. The predicted octanol–water partition coefficient (Wildman–Crippen LogP) is 2.41. The highest BCUT2D eigenvalue weighted by Gasteiger charge is 2.35. The van der Waals surface area contributed by atoms with Crippen LogP contribution in [-0.4, -0.2) is 34.0 Å². The van der Waals surface area contributed by atoms with E-state index in [1.807, 2.05) is 18.7 Å². The van der Waals surface area contributed by atoms with Crippen LogP contribution in [0.5, 0.6) is 0 Å². The standard InChI is InChI=1S/C18H24N4O3/c1-10-15(11(2)22(3)20-10)17-13(6-7-24-17)8-19-18(23)14-9-25-21-16(14)12-4-5-12/h9,12-13,17H,4-8H2,1-3H3,(H,19,23)/t13-,17+/m1/s1. The molecule has 1 amide bonds. The van der Waals surface area contributed by atoms with Crippen LogP contribution in [0.3, 0.4) is 0 Å². The van der Waals surface area contributed by atoms with E-state index in [9.17, 15) is 4.79 Å². The Morgan fingerprint density at radius 3 is 2.84 bits per heavy atom. The molecular formula is C18H24N4O3. The van der Waals surface area contributed by atoms with Crippen molar-refractivity contribution in [2.24, 2.45) is 13.0 Å². The first-order valence-electron chi connectivity index (χ1n) is 8.90. The highest BCUT2D eigenvalue weighted by molar-refractivity contribution is 5.95. The zero-order valence-electron chi connectivity index (χ0n) is 14.9. The van der Waals surface area contributed by atoms with Crippen molar-refractivity contribution >= 4 is 5.91 Å². The van der Waals surface area contributed by atoms with Gasteiger partial charge in [-0.15, -0.1) is 0 Å². The van der Waals surface area contributed by atoms with E-state index in [0.29, 0.717) is 24.6 Å². The molecule has 2 atom stereocenters. The van der Waals surface area contributed by atoms with Crippen molar-refractivity contribution in [1.82, 2.24) is 20.3 Å². The van der Waals surface area contributed by atoms with Crippen molar-refractivity contribution in [3.63, 3.8) is 0 Å². The Hall–Kier alpha value is -2.15. The number of aromatic nitrogens is 3. The first kappa shape index (κ1) is 16.3. The van der Waals surface area contributed by atoms with Crippen molar-refractivity contribution in [2.45, 2.75) is 45.1 Å². The lowest BCUT2D eigenvalue weighted by Crippen LogP contribution is -2.31. The fraction of sp³-hybridized carbons (Fsp3) is 0.611. The van der Waals surface area contributed by atoms with E-state index in [0.717, 1.165) is 41.9 Å². The quantitative estimate of drug-likeness (QED) is 0.901. The third-order valence-electron chi connectivity index (χ3n) is 5.39. The molecule has 1 aliphatic heterocycles. The Balaban J connectivity index is 1.45. The van der Waals surface area contributed by atoms with Gasteiger partial charge in [0.25, 0.3) is 5.91 Å². The summed E-state index contributed by atoms with van der Waals surface area (Å²) in [5, 5.41) is 11.5. The molecule has 7 nitrogen and oxygen atoms in total. The Labute approximate surface area is 146 Å². The maximum Gasteiger partial charge on any atom is 0.256 e. The smallest absolute Gasteiger partial charge is 0.256 e. The summed E-state index contributed by atoms with van der Waals surface area (Å²) in [7, 11) is 1.95. The third-order valence-corrected chi connectivity index (χ3v) is 5.39. The van der Waals surface area contributed by atoms with E-state index in [1.165, 1.54) is 6.26 Å². The van der Waals surface area contributed by atoms with Gasteiger partial charge in [0.15, 0.2) is 0 Å². The van der Waals surface area contributed by atoms with Gasteiger partial charge in [0.05, 0.1) is 17.5 Å². The number of amides is 1. The van der Waals surface area contributed by atoms with Gasteiger partial charge in [-0.2, -0.15) is 5.10 Å². The monoisotopic (exact) mass is 344 g/mol. The van der Waals surface area contributed by atoms with Crippen LogP contribution in [0.25, 0.3) is 0 Å². The highest BCUT2D eigenvalue weighted by Crippen LogP contribution is 2.41. The number of carbonyl (C=O) groups excluding carboxylic acids is 1. The van der Waals surface area contributed by atoms with Crippen molar-refractivity contribution in [1.29, 1.82) is 0 Å². The SMILES string of the molecule is Cc1nn(C)c(C)c1[C@H]1OCC[C@@H]1CNC(=O)c1conc1C1CC1. The summed E-state index contributed by atoms with van der Waals surface area (Å²) in [6.07, 6.45) is 4.55. The van der Waals surface area contributed by atoms with Crippen LogP contribution in [0.15, 0.2) is 10.8 Å². The molecule has 0 bridgehead atoms. The molecule has 3 heterocycles. The number of nitrogens with one attached hydrogen (secondary N) is 1. The minimum absolute atomic E-state index is 0.0145. The molecule has 1 aliphatic carbocycles. The fourth-order valence-electron chi connectivity index (χ4n) is 3.75. The Morgan fingerprint density at radius 2 is 2.16 bits per heavy atom. The summed E-state index contributed by atoms with van der Waals surface area (Å²) in [5.74, 6) is 0.533. The Kier molecular flexibility index (Phi) is 4.11. The Bertz CT molecular complexity index is 790. The predicted molar refractivity (Wildman–Crippen MR) is 90.3 cm³/mol. The van der Waals surface area contributed by atoms with E-state index < -0.39 is 0 Å². The van der Waals surface area contributed by atoms with Gasteiger partial charge in [-0.1, -0.05) is 5.16 Å². The van der Waals surface area contributed by atoms with Gasteiger partial charge in [-0.05, 0) is 33.1 Å². The van der Waals surface area contributed by atoms with Gasteiger partial charge in [-0.25, -0.2) is 0 Å². The van der Waals surface area contributed by atoms with Gasteiger partial charge in [0.2, 0.25) is 0 Å². The molecule has 25 heavy (non-hydrogen) atoms. The molecule has 2 aliphatic rings. The van der Waals surface area contributed by atoms with Crippen LogP contribution >= 0.6 is 0 Å². The minimum Gasteiger partial charge on any atom is -0.373 e. The second-order valence-corrected chi connectivity index (χ2v) is 7.15. The van der Waals surface area contributed by atoms with E-state index in [2.05, 4.69) is 22.5 Å². The molecule has 0 radical (unpaired) electrons. The average Bonchev–Trinajstić information content (AvgIpc) is 3.03. The van der Waals surface area contributed by atoms with Crippen LogP contribution in [0.4, 0.5) is 0 Å². The zero-order chi connectivity index (χ0) is 17.6. The zero-order valence-corrected chi connectivity index (χ0v) is 14.9. The third kappa shape index (κ3) is 2.97. The Morgan fingerprint density at radius 1 is 1.36 bits per heavy atom. The largest absolute Gasteiger partial charge is 0.373 e. The maximum atomic E-state index is 12.5. The number of ether oxygens (including phenoxy) is 1. The fourth-order valence-corrected chi connectivity index (χ4v) is 3.75. The summed E-state index contributed by atoms with van der Waals surface area (Å²) in [4.78, 5) is 12.5. The van der Waals surface area contributed by atoms with Crippen molar-refractivity contribution < 1.29 is 14.1 Å². The molecule has 1 saturated carbocycles. The topological polar surface area (TPSA) is 82.2 Å². The molecule has 4 rings (SSSR count). The molecular weight excluding hydrogens is 320 g/mol. The molecule has 2 aromatic rings. The first-order valence-corrected chi connectivity index (χ1v) is 8.90. The van der Waals surface area contributed by atoms with E-state index in [1.54, 1.807) is 0 Å². The molecule has 0 unspecified atom stereocenters. The average molecular weight is 344 g/mol. The lowest BCUT2D eigenvalue weighted by atomic mass is 9.94. The highest BCUT2D eigenvalue weighted by atomic mass is 16.5. The van der Waals surface area contributed by atoms with Crippen LogP contribution in [-0.2, 0) is 11.8 Å². The van der Waals surface area contributed by atoms with Gasteiger partial charge in [-0.3, -0.25) is 9.48 Å². The summed E-state index contributed by atoms with van der Waals surface area (Å²) < 4.78 is 12.9. The van der Waals surface area contributed by atoms with Crippen molar-refractivity contribution in [3.8, 4) is 0 Å². The van der Waals surface area contributed by atoms with Crippen LogP contribution < -0.4 is 5.32 Å². The molecule has 134 valence electrons. The molecule has 0 spiro atoms. The van der Waals surface area contributed by atoms with Crippen LogP contribution in [0.2, 0.25) is 0 Å². The van der Waals surface area contributed by atoms with E-state index in [-0.39, 0.29) is 17.9 Å². The molecule has 1 N–H and O–H groups in total. The second-order valence-electron chi connectivity index (χ2n) is 7.15. The van der Waals surface area contributed by atoms with E-state index in [4.69, 9.17) is 9.26 Å². The number of hydrogen-bond acceptors (Lipinski definition) is 5. The lowest BCUT2D eigenvalue weighted by molar-refractivity contribution is 0.0839. The van der Waals surface area contributed by atoms with Crippen molar-refractivity contribution in [2.75, 3.05) is 13.2 Å². The van der Waals surface area contributed by atoms with Gasteiger partial charge >= 0.3 is 0 Å². The molecule has 2 aromatic heterocycles. The van der Waals surface area contributed by atoms with E-state index >= 15 is 0 Å². The van der Waals surface area contributed by atoms with Crippen LogP contribution in [0, 0.1) is 19.8 Å².